The standard InChI is InChI=1S/C15H23NO2/c1-3-5-10-16-14-9-7-8-13(12-14)15(17)18-11-6-4-2/h7-9,12,16H,3-6,10-11H2,1-2H3. The molecule has 0 spiro atoms. The number of ether oxygens (including phenoxy) is 1. The Bertz CT molecular complexity index is 363. The van der Waals surface area contributed by atoms with E-state index in [0.29, 0.717) is 12.2 Å². The fraction of sp³-hybridized carbons (Fsp3) is 0.533. The molecule has 3 heteroatoms. The van der Waals surface area contributed by atoms with Crippen molar-refractivity contribution in [2.24, 2.45) is 0 Å². The molecule has 1 N–H and O–H groups in total. The number of hydrogen-bond acceptors (Lipinski definition) is 3. The Morgan fingerprint density at radius 1 is 1.22 bits per heavy atom. The average Bonchev–Trinajstić information content (AvgIpc) is 2.39. The van der Waals surface area contributed by atoms with Crippen LogP contribution in [0.5, 0.6) is 0 Å². The predicted octanol–water partition coefficient (Wildman–Crippen LogP) is 3.86. The van der Waals surface area contributed by atoms with Gasteiger partial charge in [0.1, 0.15) is 0 Å². The summed E-state index contributed by atoms with van der Waals surface area (Å²) in [5.41, 5.74) is 1.60. The van der Waals surface area contributed by atoms with Gasteiger partial charge in [0, 0.05) is 12.2 Å². The Morgan fingerprint density at radius 3 is 2.72 bits per heavy atom. The Hall–Kier alpha value is -1.51. The maximum atomic E-state index is 11.8. The molecule has 0 radical (unpaired) electrons. The zero-order chi connectivity index (χ0) is 13.2. The first-order valence-corrected chi connectivity index (χ1v) is 6.79. The number of benzene rings is 1. The van der Waals surface area contributed by atoms with Crippen molar-refractivity contribution in [3.63, 3.8) is 0 Å². The largest absolute Gasteiger partial charge is 0.462 e. The molecule has 1 aromatic rings. The van der Waals surface area contributed by atoms with Gasteiger partial charge in [0.05, 0.1) is 12.2 Å². The molecule has 0 bridgehead atoms. The molecule has 0 heterocycles. The third kappa shape index (κ3) is 5.21. The molecule has 0 fully saturated rings. The first-order valence-electron chi connectivity index (χ1n) is 6.79. The molecule has 0 aromatic heterocycles. The van der Waals surface area contributed by atoms with E-state index in [0.717, 1.165) is 37.9 Å². The highest BCUT2D eigenvalue weighted by atomic mass is 16.5. The lowest BCUT2D eigenvalue weighted by Gasteiger charge is -2.08. The molecular formula is C15H23NO2. The summed E-state index contributed by atoms with van der Waals surface area (Å²) in [5, 5.41) is 3.30. The second kappa shape index (κ2) is 8.56. The van der Waals surface area contributed by atoms with Gasteiger partial charge in [0.15, 0.2) is 0 Å². The molecule has 1 rings (SSSR count). The van der Waals surface area contributed by atoms with E-state index >= 15 is 0 Å². The highest BCUT2D eigenvalue weighted by Gasteiger charge is 2.06. The molecule has 0 unspecified atom stereocenters. The number of hydrogen-bond donors (Lipinski definition) is 1. The van der Waals surface area contributed by atoms with Gasteiger partial charge in [-0.3, -0.25) is 0 Å². The van der Waals surface area contributed by atoms with Crippen LogP contribution in [0.25, 0.3) is 0 Å². The van der Waals surface area contributed by atoms with Crippen LogP contribution in [0.15, 0.2) is 24.3 Å². The lowest BCUT2D eigenvalue weighted by atomic mass is 10.2. The van der Waals surface area contributed by atoms with Gasteiger partial charge < -0.3 is 10.1 Å². The third-order valence-electron chi connectivity index (χ3n) is 2.69. The van der Waals surface area contributed by atoms with Crippen LogP contribution < -0.4 is 5.32 Å². The van der Waals surface area contributed by atoms with E-state index in [2.05, 4.69) is 19.2 Å². The Kier molecular flexibility index (Phi) is 6.92. The maximum absolute atomic E-state index is 11.8. The van der Waals surface area contributed by atoms with Gasteiger partial charge in [0.25, 0.3) is 0 Å². The normalized spacial score (nSPS) is 10.1. The monoisotopic (exact) mass is 249 g/mol. The molecule has 0 amide bonds. The van der Waals surface area contributed by atoms with E-state index < -0.39 is 0 Å². The number of unbranched alkanes of at least 4 members (excludes halogenated alkanes) is 2. The molecular weight excluding hydrogens is 226 g/mol. The second-order valence-electron chi connectivity index (χ2n) is 4.35. The van der Waals surface area contributed by atoms with Crippen LogP contribution in [0, 0.1) is 0 Å². The number of rotatable bonds is 8. The lowest BCUT2D eigenvalue weighted by molar-refractivity contribution is 0.0500. The molecule has 0 aliphatic heterocycles. The number of carbonyl (C=O) groups is 1. The first-order chi connectivity index (χ1) is 8.77. The predicted molar refractivity (Wildman–Crippen MR) is 75.0 cm³/mol. The molecule has 100 valence electrons. The van der Waals surface area contributed by atoms with Crippen LogP contribution in [-0.2, 0) is 4.74 Å². The second-order valence-corrected chi connectivity index (χ2v) is 4.35. The molecule has 0 saturated carbocycles. The topological polar surface area (TPSA) is 38.3 Å². The van der Waals surface area contributed by atoms with Crippen LogP contribution >= 0.6 is 0 Å². The Morgan fingerprint density at radius 2 is 2.00 bits per heavy atom. The minimum absolute atomic E-state index is 0.234. The Balaban J connectivity index is 2.49. The van der Waals surface area contributed by atoms with Gasteiger partial charge in [-0.05, 0) is 31.0 Å². The SMILES string of the molecule is CCCCNc1cccc(C(=O)OCCCC)c1. The van der Waals surface area contributed by atoms with E-state index in [1.54, 1.807) is 6.07 Å². The number of anilines is 1. The van der Waals surface area contributed by atoms with Crippen LogP contribution in [0.1, 0.15) is 49.9 Å². The highest BCUT2D eigenvalue weighted by molar-refractivity contribution is 5.90. The van der Waals surface area contributed by atoms with E-state index in [-0.39, 0.29) is 5.97 Å². The van der Waals surface area contributed by atoms with Gasteiger partial charge >= 0.3 is 5.97 Å². The van der Waals surface area contributed by atoms with Crippen molar-refractivity contribution in [2.45, 2.75) is 39.5 Å². The van der Waals surface area contributed by atoms with Gasteiger partial charge in [-0.1, -0.05) is 32.8 Å². The minimum atomic E-state index is -0.234. The number of carbonyl (C=O) groups excluding carboxylic acids is 1. The zero-order valence-electron chi connectivity index (χ0n) is 11.4. The molecule has 1 aromatic carbocycles. The summed E-state index contributed by atoms with van der Waals surface area (Å²) in [5.74, 6) is -0.234. The maximum Gasteiger partial charge on any atom is 0.338 e. The van der Waals surface area contributed by atoms with Gasteiger partial charge in [0.2, 0.25) is 0 Å². The van der Waals surface area contributed by atoms with E-state index in [9.17, 15) is 4.79 Å². The van der Waals surface area contributed by atoms with Crippen molar-refractivity contribution in [1.29, 1.82) is 0 Å². The summed E-state index contributed by atoms with van der Waals surface area (Å²) in [6.45, 7) is 5.67. The molecule has 3 nitrogen and oxygen atoms in total. The van der Waals surface area contributed by atoms with Gasteiger partial charge in [-0.25, -0.2) is 4.79 Å². The fourth-order valence-electron chi connectivity index (χ4n) is 1.56. The van der Waals surface area contributed by atoms with Gasteiger partial charge in [-0.15, -0.1) is 0 Å². The summed E-state index contributed by atoms with van der Waals surface area (Å²) in [6, 6.07) is 7.49. The van der Waals surface area contributed by atoms with E-state index in [1.807, 2.05) is 18.2 Å². The van der Waals surface area contributed by atoms with Crippen molar-refractivity contribution >= 4 is 11.7 Å². The quantitative estimate of drug-likeness (QED) is 0.561. The van der Waals surface area contributed by atoms with E-state index in [4.69, 9.17) is 4.74 Å². The summed E-state index contributed by atoms with van der Waals surface area (Å²) in [4.78, 5) is 11.8. The van der Waals surface area contributed by atoms with Crippen LogP contribution in [-0.4, -0.2) is 19.1 Å². The molecule has 18 heavy (non-hydrogen) atoms. The van der Waals surface area contributed by atoms with Gasteiger partial charge in [-0.2, -0.15) is 0 Å². The zero-order valence-corrected chi connectivity index (χ0v) is 11.4. The smallest absolute Gasteiger partial charge is 0.338 e. The van der Waals surface area contributed by atoms with Crippen LogP contribution in [0.4, 0.5) is 5.69 Å². The minimum Gasteiger partial charge on any atom is -0.462 e. The van der Waals surface area contributed by atoms with Crippen molar-refractivity contribution in [3.05, 3.63) is 29.8 Å². The summed E-state index contributed by atoms with van der Waals surface area (Å²) in [6.07, 6.45) is 4.24. The van der Waals surface area contributed by atoms with Crippen molar-refractivity contribution < 1.29 is 9.53 Å². The summed E-state index contributed by atoms with van der Waals surface area (Å²) < 4.78 is 5.18. The molecule has 0 aliphatic carbocycles. The van der Waals surface area contributed by atoms with Crippen LogP contribution in [0.3, 0.4) is 0 Å². The molecule has 0 atom stereocenters. The molecule has 0 aliphatic rings. The third-order valence-corrected chi connectivity index (χ3v) is 2.69. The number of esters is 1. The highest BCUT2D eigenvalue weighted by Crippen LogP contribution is 2.12. The first kappa shape index (κ1) is 14.6. The average molecular weight is 249 g/mol. The van der Waals surface area contributed by atoms with Crippen molar-refractivity contribution in [1.82, 2.24) is 0 Å². The molecule has 0 saturated heterocycles. The number of nitrogens with one attached hydrogen (secondary N) is 1. The fourth-order valence-corrected chi connectivity index (χ4v) is 1.56. The lowest BCUT2D eigenvalue weighted by Crippen LogP contribution is -2.07. The summed E-state index contributed by atoms with van der Waals surface area (Å²) >= 11 is 0. The van der Waals surface area contributed by atoms with Crippen molar-refractivity contribution in [2.75, 3.05) is 18.5 Å². The Labute approximate surface area is 110 Å². The van der Waals surface area contributed by atoms with Crippen molar-refractivity contribution in [3.8, 4) is 0 Å². The van der Waals surface area contributed by atoms with Crippen LogP contribution in [0.2, 0.25) is 0 Å². The summed E-state index contributed by atoms with van der Waals surface area (Å²) in [7, 11) is 0. The van der Waals surface area contributed by atoms with E-state index in [1.165, 1.54) is 0 Å².